The van der Waals surface area contributed by atoms with Crippen LogP contribution in [-0.2, 0) is 16.0 Å². The number of fused-ring (bicyclic) bond motifs is 1. The standard InChI is InChI=1S/C25H29FN2O3/c1-4-28(5-2)20-10-11-21-17(3)22(25(30)31-23(21)16-20)12-13-24(29)27-15-14-18-6-8-19(26)9-7-18/h6-13,16-17,22H,4-5,14-15H2,1-3H3,(H,27,29). The van der Waals surface area contributed by atoms with Crippen molar-refractivity contribution in [2.45, 2.75) is 33.1 Å². The number of nitrogens with one attached hydrogen (secondary N) is 1. The van der Waals surface area contributed by atoms with Crippen LogP contribution in [0.4, 0.5) is 10.1 Å². The highest BCUT2D eigenvalue weighted by molar-refractivity contribution is 5.89. The second-order valence-electron chi connectivity index (χ2n) is 7.66. The first-order valence-corrected chi connectivity index (χ1v) is 10.7. The minimum atomic E-state index is -0.519. The molecule has 0 saturated heterocycles. The number of benzene rings is 2. The summed E-state index contributed by atoms with van der Waals surface area (Å²) in [6.07, 6.45) is 3.60. The van der Waals surface area contributed by atoms with E-state index in [0.717, 1.165) is 29.9 Å². The van der Waals surface area contributed by atoms with Crippen LogP contribution in [0.15, 0.2) is 54.6 Å². The van der Waals surface area contributed by atoms with Gasteiger partial charge in [0.25, 0.3) is 0 Å². The second kappa shape index (κ2) is 10.2. The van der Waals surface area contributed by atoms with E-state index in [9.17, 15) is 14.0 Å². The molecular weight excluding hydrogens is 395 g/mol. The van der Waals surface area contributed by atoms with Crippen molar-refractivity contribution in [3.63, 3.8) is 0 Å². The molecule has 1 N–H and O–H groups in total. The number of carbonyl (C=O) groups excluding carboxylic acids is 2. The summed E-state index contributed by atoms with van der Waals surface area (Å²) in [5, 5.41) is 2.79. The summed E-state index contributed by atoms with van der Waals surface area (Å²) in [4.78, 5) is 26.9. The smallest absolute Gasteiger partial charge is 0.318 e. The molecule has 6 heteroatoms. The molecule has 0 saturated carbocycles. The Morgan fingerprint density at radius 3 is 2.55 bits per heavy atom. The number of rotatable bonds is 8. The van der Waals surface area contributed by atoms with Gasteiger partial charge >= 0.3 is 5.97 Å². The van der Waals surface area contributed by atoms with E-state index in [2.05, 4.69) is 24.1 Å². The van der Waals surface area contributed by atoms with Crippen molar-refractivity contribution in [2.75, 3.05) is 24.5 Å². The van der Waals surface area contributed by atoms with Crippen molar-refractivity contribution in [3.05, 3.63) is 71.6 Å². The molecule has 164 valence electrons. The number of halogens is 1. The zero-order chi connectivity index (χ0) is 22.4. The Kier molecular flexibility index (Phi) is 7.45. The molecule has 2 atom stereocenters. The Balaban J connectivity index is 1.60. The lowest BCUT2D eigenvalue weighted by molar-refractivity contribution is -0.139. The van der Waals surface area contributed by atoms with E-state index in [1.54, 1.807) is 18.2 Å². The molecule has 0 fully saturated rings. The van der Waals surface area contributed by atoms with Crippen LogP contribution in [0.3, 0.4) is 0 Å². The number of ether oxygens (including phenoxy) is 1. The molecule has 1 aliphatic heterocycles. The maximum Gasteiger partial charge on any atom is 0.318 e. The van der Waals surface area contributed by atoms with Gasteiger partial charge in [-0.05, 0) is 55.7 Å². The zero-order valence-electron chi connectivity index (χ0n) is 18.2. The predicted octanol–water partition coefficient (Wildman–Crippen LogP) is 4.23. The van der Waals surface area contributed by atoms with Gasteiger partial charge in [0.2, 0.25) is 5.91 Å². The van der Waals surface area contributed by atoms with Crippen molar-refractivity contribution in [2.24, 2.45) is 5.92 Å². The van der Waals surface area contributed by atoms with Gasteiger partial charge in [-0.15, -0.1) is 0 Å². The fraction of sp³-hybridized carbons (Fsp3) is 0.360. The highest BCUT2D eigenvalue weighted by Gasteiger charge is 2.33. The number of esters is 1. The van der Waals surface area contributed by atoms with Crippen LogP contribution in [0.25, 0.3) is 0 Å². The van der Waals surface area contributed by atoms with Gasteiger partial charge in [0, 0.05) is 37.3 Å². The van der Waals surface area contributed by atoms with E-state index in [4.69, 9.17) is 4.74 Å². The fourth-order valence-corrected chi connectivity index (χ4v) is 3.82. The summed E-state index contributed by atoms with van der Waals surface area (Å²) in [7, 11) is 0. The molecule has 2 aromatic carbocycles. The van der Waals surface area contributed by atoms with Crippen LogP contribution in [0.2, 0.25) is 0 Å². The molecule has 0 radical (unpaired) electrons. The zero-order valence-corrected chi connectivity index (χ0v) is 18.2. The minimum absolute atomic E-state index is 0.0923. The SMILES string of the molecule is CCN(CC)c1ccc2c(c1)OC(=O)C(C=CC(=O)NCCc1ccc(F)cc1)C2C. The lowest BCUT2D eigenvalue weighted by Gasteiger charge is -2.29. The van der Waals surface area contributed by atoms with Gasteiger partial charge in [-0.25, -0.2) is 4.39 Å². The molecule has 0 aromatic heterocycles. The Bertz CT molecular complexity index is 952. The summed E-state index contributed by atoms with van der Waals surface area (Å²) in [5.41, 5.74) is 2.93. The van der Waals surface area contributed by atoms with Crippen LogP contribution in [-0.4, -0.2) is 31.5 Å². The number of nitrogens with zero attached hydrogens (tertiary/aromatic N) is 1. The van der Waals surface area contributed by atoms with Crippen LogP contribution in [0, 0.1) is 11.7 Å². The predicted molar refractivity (Wildman–Crippen MR) is 120 cm³/mol. The normalized spacial score (nSPS) is 17.9. The van der Waals surface area contributed by atoms with Crippen molar-refractivity contribution in [1.29, 1.82) is 0 Å². The Morgan fingerprint density at radius 1 is 1.16 bits per heavy atom. The monoisotopic (exact) mass is 424 g/mol. The van der Waals surface area contributed by atoms with Gasteiger partial charge in [0.1, 0.15) is 11.6 Å². The maximum absolute atomic E-state index is 12.9. The van der Waals surface area contributed by atoms with E-state index in [-0.39, 0.29) is 23.6 Å². The molecule has 31 heavy (non-hydrogen) atoms. The molecule has 0 spiro atoms. The Hall–Kier alpha value is -3.15. The largest absolute Gasteiger partial charge is 0.426 e. The lowest BCUT2D eigenvalue weighted by atomic mass is 9.84. The summed E-state index contributed by atoms with van der Waals surface area (Å²) in [6.45, 7) is 8.32. The highest BCUT2D eigenvalue weighted by Crippen LogP contribution is 2.40. The molecule has 3 rings (SSSR count). The lowest BCUT2D eigenvalue weighted by Crippen LogP contribution is -2.30. The number of anilines is 1. The maximum atomic E-state index is 12.9. The summed E-state index contributed by atoms with van der Waals surface area (Å²) in [6, 6.07) is 12.2. The van der Waals surface area contributed by atoms with Gasteiger partial charge in [-0.3, -0.25) is 9.59 Å². The summed E-state index contributed by atoms with van der Waals surface area (Å²) in [5.74, 6) is -0.929. The minimum Gasteiger partial charge on any atom is -0.426 e. The van der Waals surface area contributed by atoms with E-state index >= 15 is 0 Å². The number of hydrogen-bond donors (Lipinski definition) is 1. The number of carbonyl (C=O) groups is 2. The second-order valence-corrected chi connectivity index (χ2v) is 7.66. The van der Waals surface area contributed by atoms with Gasteiger partial charge in [-0.1, -0.05) is 31.2 Å². The Morgan fingerprint density at radius 2 is 1.87 bits per heavy atom. The van der Waals surface area contributed by atoms with Gasteiger partial charge in [0.15, 0.2) is 0 Å². The molecule has 0 bridgehead atoms. The van der Waals surface area contributed by atoms with Crippen LogP contribution in [0.5, 0.6) is 5.75 Å². The summed E-state index contributed by atoms with van der Waals surface area (Å²) < 4.78 is 18.5. The third kappa shape index (κ3) is 5.51. The van der Waals surface area contributed by atoms with E-state index in [1.165, 1.54) is 18.2 Å². The molecule has 2 aromatic rings. The first-order chi connectivity index (χ1) is 14.9. The molecule has 0 aliphatic carbocycles. The molecule has 2 unspecified atom stereocenters. The first-order valence-electron chi connectivity index (χ1n) is 10.7. The quantitative estimate of drug-likeness (QED) is 0.392. The average Bonchev–Trinajstić information content (AvgIpc) is 2.75. The van der Waals surface area contributed by atoms with Crippen LogP contribution >= 0.6 is 0 Å². The third-order valence-corrected chi connectivity index (χ3v) is 5.72. The van der Waals surface area contributed by atoms with Gasteiger partial charge in [-0.2, -0.15) is 0 Å². The van der Waals surface area contributed by atoms with Gasteiger partial charge in [0.05, 0.1) is 5.92 Å². The van der Waals surface area contributed by atoms with Crippen molar-refractivity contribution in [1.82, 2.24) is 5.32 Å². The highest BCUT2D eigenvalue weighted by atomic mass is 19.1. The van der Waals surface area contributed by atoms with Gasteiger partial charge < -0.3 is 15.0 Å². The third-order valence-electron chi connectivity index (χ3n) is 5.72. The molecule has 1 amide bonds. The van der Waals surface area contributed by atoms with E-state index < -0.39 is 5.92 Å². The molecule has 1 aliphatic rings. The molecule has 1 heterocycles. The van der Waals surface area contributed by atoms with Crippen LogP contribution in [0.1, 0.15) is 37.8 Å². The first kappa shape index (κ1) is 22.5. The van der Waals surface area contributed by atoms with Crippen LogP contribution < -0.4 is 15.0 Å². The average molecular weight is 425 g/mol. The van der Waals surface area contributed by atoms with Crippen molar-refractivity contribution < 1.29 is 18.7 Å². The van der Waals surface area contributed by atoms with Crippen molar-refractivity contribution >= 4 is 17.6 Å². The van der Waals surface area contributed by atoms with E-state index in [0.29, 0.717) is 18.7 Å². The topological polar surface area (TPSA) is 58.6 Å². The number of hydrogen-bond acceptors (Lipinski definition) is 4. The van der Waals surface area contributed by atoms with Crippen molar-refractivity contribution in [3.8, 4) is 5.75 Å². The molecular formula is C25H29FN2O3. The number of amides is 1. The Labute approximate surface area is 182 Å². The van der Waals surface area contributed by atoms with E-state index in [1.807, 2.05) is 25.1 Å². The fourth-order valence-electron chi connectivity index (χ4n) is 3.82. The molecule has 5 nitrogen and oxygen atoms in total. The summed E-state index contributed by atoms with van der Waals surface area (Å²) >= 11 is 0.